The standard InChI is InChI=1S/C14H13BrClNO/c1-14(18,9-10-4-6-17-7-5-10)12-3-2-11(15)8-13(12)16/h2-8,18H,9H2,1H3. The summed E-state index contributed by atoms with van der Waals surface area (Å²) in [5.74, 6) is 0. The molecule has 2 nitrogen and oxygen atoms in total. The lowest BCUT2D eigenvalue weighted by Crippen LogP contribution is -2.24. The van der Waals surface area contributed by atoms with E-state index in [0.29, 0.717) is 11.4 Å². The second-order valence-corrected chi connectivity index (χ2v) is 5.75. The molecule has 0 amide bonds. The first-order valence-corrected chi connectivity index (χ1v) is 6.73. The molecule has 2 rings (SSSR count). The summed E-state index contributed by atoms with van der Waals surface area (Å²) in [6.45, 7) is 1.77. The third-order valence-corrected chi connectivity index (χ3v) is 3.62. The van der Waals surface area contributed by atoms with Gasteiger partial charge in [0.15, 0.2) is 0 Å². The highest BCUT2D eigenvalue weighted by Gasteiger charge is 2.26. The fraction of sp³-hybridized carbons (Fsp3) is 0.214. The van der Waals surface area contributed by atoms with E-state index in [1.54, 1.807) is 25.4 Å². The molecule has 0 radical (unpaired) electrons. The molecule has 0 aliphatic rings. The molecule has 0 bridgehead atoms. The van der Waals surface area contributed by atoms with Crippen LogP contribution < -0.4 is 0 Å². The summed E-state index contributed by atoms with van der Waals surface area (Å²) in [6.07, 6.45) is 3.93. The summed E-state index contributed by atoms with van der Waals surface area (Å²) in [4.78, 5) is 3.96. The summed E-state index contributed by atoms with van der Waals surface area (Å²) in [7, 11) is 0. The van der Waals surface area contributed by atoms with Crippen LogP contribution in [0.15, 0.2) is 47.2 Å². The van der Waals surface area contributed by atoms with Crippen molar-refractivity contribution in [2.24, 2.45) is 0 Å². The molecular formula is C14H13BrClNO. The number of aliphatic hydroxyl groups is 1. The molecule has 1 atom stereocenters. The minimum absolute atomic E-state index is 0.497. The first-order chi connectivity index (χ1) is 8.49. The van der Waals surface area contributed by atoms with Gasteiger partial charge in [0.2, 0.25) is 0 Å². The zero-order chi connectivity index (χ0) is 13.2. The average Bonchev–Trinajstić information content (AvgIpc) is 2.29. The summed E-state index contributed by atoms with van der Waals surface area (Å²) >= 11 is 9.53. The third-order valence-electron chi connectivity index (χ3n) is 2.81. The van der Waals surface area contributed by atoms with Crippen LogP contribution in [0.25, 0.3) is 0 Å². The Balaban J connectivity index is 2.30. The van der Waals surface area contributed by atoms with Gasteiger partial charge < -0.3 is 5.11 Å². The van der Waals surface area contributed by atoms with E-state index in [0.717, 1.165) is 15.6 Å². The monoisotopic (exact) mass is 325 g/mol. The van der Waals surface area contributed by atoms with Crippen LogP contribution in [-0.4, -0.2) is 10.1 Å². The number of hydrogen-bond acceptors (Lipinski definition) is 2. The number of nitrogens with zero attached hydrogens (tertiary/aromatic N) is 1. The highest BCUT2D eigenvalue weighted by molar-refractivity contribution is 9.10. The van der Waals surface area contributed by atoms with Gasteiger partial charge in [-0.2, -0.15) is 0 Å². The van der Waals surface area contributed by atoms with Crippen molar-refractivity contribution in [3.8, 4) is 0 Å². The van der Waals surface area contributed by atoms with Crippen LogP contribution >= 0.6 is 27.5 Å². The van der Waals surface area contributed by atoms with Crippen LogP contribution in [0, 0.1) is 0 Å². The Kier molecular flexibility index (Phi) is 4.05. The topological polar surface area (TPSA) is 33.1 Å². The SMILES string of the molecule is CC(O)(Cc1ccncc1)c1ccc(Br)cc1Cl. The van der Waals surface area contributed by atoms with Gasteiger partial charge in [0, 0.05) is 33.9 Å². The van der Waals surface area contributed by atoms with Gasteiger partial charge in [0.1, 0.15) is 0 Å². The molecule has 1 N–H and O–H groups in total. The Labute approximate surface area is 120 Å². The summed E-state index contributed by atoms with van der Waals surface area (Å²) in [6, 6.07) is 9.29. The average molecular weight is 327 g/mol. The van der Waals surface area contributed by atoms with E-state index in [-0.39, 0.29) is 0 Å². The van der Waals surface area contributed by atoms with Gasteiger partial charge in [-0.25, -0.2) is 0 Å². The Morgan fingerprint density at radius 1 is 1.28 bits per heavy atom. The van der Waals surface area contributed by atoms with Crippen LogP contribution in [0.4, 0.5) is 0 Å². The minimum atomic E-state index is -1.00. The number of hydrogen-bond donors (Lipinski definition) is 1. The van der Waals surface area contributed by atoms with Gasteiger partial charge in [-0.3, -0.25) is 4.98 Å². The fourth-order valence-corrected chi connectivity index (χ4v) is 2.80. The van der Waals surface area contributed by atoms with Crippen molar-refractivity contribution in [1.29, 1.82) is 0 Å². The van der Waals surface area contributed by atoms with Crippen molar-refractivity contribution in [3.05, 3.63) is 63.3 Å². The minimum Gasteiger partial charge on any atom is -0.385 e. The molecule has 18 heavy (non-hydrogen) atoms. The predicted octanol–water partition coefficient (Wildman–Crippen LogP) is 3.95. The van der Waals surface area contributed by atoms with E-state index in [1.807, 2.05) is 24.3 Å². The summed E-state index contributed by atoms with van der Waals surface area (Å²) in [5, 5.41) is 11.1. The van der Waals surface area contributed by atoms with E-state index in [1.165, 1.54) is 0 Å². The van der Waals surface area contributed by atoms with Crippen LogP contribution in [0.5, 0.6) is 0 Å². The lowest BCUT2D eigenvalue weighted by atomic mass is 9.89. The fourth-order valence-electron chi connectivity index (χ4n) is 1.92. The van der Waals surface area contributed by atoms with E-state index in [4.69, 9.17) is 11.6 Å². The maximum Gasteiger partial charge on any atom is 0.0923 e. The van der Waals surface area contributed by atoms with Crippen LogP contribution in [-0.2, 0) is 12.0 Å². The van der Waals surface area contributed by atoms with Gasteiger partial charge in [-0.15, -0.1) is 0 Å². The van der Waals surface area contributed by atoms with Gasteiger partial charge in [0.05, 0.1) is 5.60 Å². The molecule has 1 aromatic carbocycles. The zero-order valence-corrected chi connectivity index (χ0v) is 12.2. The van der Waals surface area contributed by atoms with Gasteiger partial charge >= 0.3 is 0 Å². The van der Waals surface area contributed by atoms with Crippen molar-refractivity contribution in [2.45, 2.75) is 18.9 Å². The van der Waals surface area contributed by atoms with Gasteiger partial charge in [0.25, 0.3) is 0 Å². The van der Waals surface area contributed by atoms with Gasteiger partial charge in [-0.1, -0.05) is 33.6 Å². The highest BCUT2D eigenvalue weighted by atomic mass is 79.9. The van der Waals surface area contributed by atoms with Gasteiger partial charge in [-0.05, 0) is 36.8 Å². The third kappa shape index (κ3) is 3.10. The number of benzene rings is 1. The van der Waals surface area contributed by atoms with E-state index >= 15 is 0 Å². The molecule has 0 saturated carbocycles. The van der Waals surface area contributed by atoms with E-state index < -0.39 is 5.60 Å². The summed E-state index contributed by atoms with van der Waals surface area (Å²) < 4.78 is 0.899. The maximum absolute atomic E-state index is 10.6. The molecule has 0 aliphatic carbocycles. The largest absolute Gasteiger partial charge is 0.385 e. The smallest absolute Gasteiger partial charge is 0.0923 e. The van der Waals surface area contributed by atoms with Crippen molar-refractivity contribution in [1.82, 2.24) is 4.98 Å². The van der Waals surface area contributed by atoms with Crippen molar-refractivity contribution >= 4 is 27.5 Å². The van der Waals surface area contributed by atoms with E-state index in [2.05, 4.69) is 20.9 Å². The Morgan fingerprint density at radius 3 is 2.56 bits per heavy atom. The second-order valence-electron chi connectivity index (χ2n) is 4.43. The van der Waals surface area contributed by atoms with Crippen LogP contribution in [0.2, 0.25) is 5.02 Å². The first kappa shape index (κ1) is 13.5. The zero-order valence-electron chi connectivity index (χ0n) is 9.90. The first-order valence-electron chi connectivity index (χ1n) is 5.56. The highest BCUT2D eigenvalue weighted by Crippen LogP contribution is 2.32. The Bertz CT molecular complexity index is 543. The van der Waals surface area contributed by atoms with Crippen molar-refractivity contribution in [3.63, 3.8) is 0 Å². The normalized spacial score (nSPS) is 14.2. The lowest BCUT2D eigenvalue weighted by Gasteiger charge is -2.25. The molecule has 4 heteroatoms. The number of aromatic nitrogens is 1. The Hall–Kier alpha value is -0.900. The second kappa shape index (κ2) is 5.39. The molecule has 1 unspecified atom stereocenters. The van der Waals surface area contributed by atoms with Crippen molar-refractivity contribution < 1.29 is 5.11 Å². The molecule has 0 saturated heterocycles. The van der Waals surface area contributed by atoms with Crippen LogP contribution in [0.1, 0.15) is 18.1 Å². The predicted molar refractivity (Wildman–Crippen MR) is 76.7 cm³/mol. The van der Waals surface area contributed by atoms with Crippen molar-refractivity contribution in [2.75, 3.05) is 0 Å². The molecule has 0 aliphatic heterocycles. The molecule has 94 valence electrons. The number of rotatable bonds is 3. The summed E-state index contributed by atoms with van der Waals surface area (Å²) in [5.41, 5.74) is 0.747. The Morgan fingerprint density at radius 2 is 1.94 bits per heavy atom. The molecule has 0 fully saturated rings. The lowest BCUT2D eigenvalue weighted by molar-refractivity contribution is 0.0577. The molecule has 2 aromatic rings. The van der Waals surface area contributed by atoms with Crippen LogP contribution in [0.3, 0.4) is 0 Å². The molecule has 1 aromatic heterocycles. The molecule has 1 heterocycles. The molecule has 0 spiro atoms. The number of pyridine rings is 1. The molecular weight excluding hydrogens is 314 g/mol. The maximum atomic E-state index is 10.6. The van der Waals surface area contributed by atoms with E-state index in [9.17, 15) is 5.11 Å². The number of halogens is 2. The quantitative estimate of drug-likeness (QED) is 0.926.